The Hall–Kier alpha value is -4.41. The fourth-order valence-corrected chi connectivity index (χ4v) is 6.98. The lowest BCUT2D eigenvalue weighted by atomic mass is 9.98. The average molecular weight is 602 g/mol. The molecule has 3 N–H and O–H groups in total. The monoisotopic (exact) mass is 601 g/mol. The number of benzene rings is 4. The second kappa shape index (κ2) is 12.8. The Morgan fingerprint density at radius 2 is 1.49 bits per heavy atom. The molecule has 0 bridgehead atoms. The lowest BCUT2D eigenvalue weighted by Gasteiger charge is -2.18. The average Bonchev–Trinajstić information content (AvgIpc) is 3.32. The number of nitrogens with zero attached hydrogens (tertiary/aromatic N) is 1. The van der Waals surface area contributed by atoms with Crippen LogP contribution in [0.5, 0.6) is 0 Å². The highest BCUT2D eigenvalue weighted by Gasteiger charge is 2.29. The van der Waals surface area contributed by atoms with E-state index in [0.717, 1.165) is 33.3 Å². The highest BCUT2D eigenvalue weighted by atomic mass is 32.2. The van der Waals surface area contributed by atoms with Crippen LogP contribution in [0.25, 0.3) is 21.9 Å². The maximum atomic E-state index is 13.1. The van der Waals surface area contributed by atoms with Crippen LogP contribution in [0.15, 0.2) is 89.8 Å². The Balaban J connectivity index is 1.12. The minimum absolute atomic E-state index is 0.0815. The van der Waals surface area contributed by atoms with Gasteiger partial charge in [0.15, 0.2) is 0 Å². The summed E-state index contributed by atoms with van der Waals surface area (Å²) in [7, 11) is 0.00957. The molecule has 0 unspecified atom stereocenters. The molecule has 9 nitrogen and oxygen atoms in total. The zero-order chi connectivity index (χ0) is 30.6. The number of alkyl carbamates (subject to hydrolysis) is 1. The third-order valence-electron chi connectivity index (χ3n) is 7.78. The van der Waals surface area contributed by atoms with Crippen molar-refractivity contribution in [2.24, 2.45) is 0 Å². The summed E-state index contributed by atoms with van der Waals surface area (Å²) in [6.07, 6.45) is 0.0943. The first-order valence-corrected chi connectivity index (χ1v) is 15.7. The number of carboxylic acids is 1. The van der Waals surface area contributed by atoms with E-state index in [4.69, 9.17) is 4.74 Å². The number of unbranched alkanes of at least 4 members (excludes halogenated alkanes) is 1. The van der Waals surface area contributed by atoms with Crippen molar-refractivity contribution < 1.29 is 27.9 Å². The van der Waals surface area contributed by atoms with E-state index in [1.165, 1.54) is 0 Å². The SMILES string of the molecule is CN(C)c1cccc2c(S(=O)(=O)NCCCC[C@H](NC(=O)OCC3c4ccccc4-c4ccccc43)C(=O)O)cccc12. The van der Waals surface area contributed by atoms with Crippen molar-refractivity contribution >= 4 is 38.5 Å². The zero-order valence-electron chi connectivity index (χ0n) is 24.1. The van der Waals surface area contributed by atoms with Gasteiger partial charge in [-0.2, -0.15) is 0 Å². The largest absolute Gasteiger partial charge is 0.480 e. The third kappa shape index (κ3) is 6.50. The number of aliphatic carboxylic acids is 1. The van der Waals surface area contributed by atoms with Crippen LogP contribution in [0.2, 0.25) is 0 Å². The molecule has 0 aliphatic heterocycles. The molecule has 4 aromatic carbocycles. The van der Waals surface area contributed by atoms with Gasteiger partial charge in [0.05, 0.1) is 4.90 Å². The summed E-state index contributed by atoms with van der Waals surface area (Å²) in [5.41, 5.74) is 5.25. The minimum atomic E-state index is -3.80. The Labute approximate surface area is 251 Å². The number of nitrogens with one attached hydrogen (secondary N) is 2. The van der Waals surface area contributed by atoms with E-state index in [-0.39, 0.29) is 30.4 Å². The molecule has 0 heterocycles. The molecule has 0 saturated carbocycles. The van der Waals surface area contributed by atoms with Gasteiger partial charge in [0.2, 0.25) is 10.0 Å². The lowest BCUT2D eigenvalue weighted by Crippen LogP contribution is -2.41. The molecule has 1 aliphatic carbocycles. The molecular weight excluding hydrogens is 566 g/mol. The summed E-state index contributed by atoms with van der Waals surface area (Å²) in [4.78, 5) is 26.6. The lowest BCUT2D eigenvalue weighted by molar-refractivity contribution is -0.139. The van der Waals surface area contributed by atoms with E-state index < -0.39 is 28.1 Å². The van der Waals surface area contributed by atoms with E-state index in [0.29, 0.717) is 18.2 Å². The first kappa shape index (κ1) is 30.1. The number of rotatable bonds is 12. The van der Waals surface area contributed by atoms with Gasteiger partial charge in [-0.3, -0.25) is 0 Å². The molecule has 10 heteroatoms. The van der Waals surface area contributed by atoms with Crippen molar-refractivity contribution in [3.8, 4) is 11.1 Å². The molecule has 0 saturated heterocycles. The molecule has 1 atom stereocenters. The maximum absolute atomic E-state index is 13.1. The van der Waals surface area contributed by atoms with E-state index in [9.17, 15) is 23.1 Å². The smallest absolute Gasteiger partial charge is 0.407 e. The molecule has 0 aromatic heterocycles. The summed E-state index contributed by atoms with van der Waals surface area (Å²) in [5, 5.41) is 13.6. The van der Waals surface area contributed by atoms with E-state index >= 15 is 0 Å². The molecule has 1 aliphatic rings. The molecular formula is C33H35N3O6S. The van der Waals surface area contributed by atoms with Gasteiger partial charge >= 0.3 is 12.1 Å². The highest BCUT2D eigenvalue weighted by molar-refractivity contribution is 7.89. The number of amides is 1. The number of hydrogen-bond acceptors (Lipinski definition) is 6. The van der Waals surface area contributed by atoms with Crippen molar-refractivity contribution in [2.45, 2.75) is 36.1 Å². The Morgan fingerprint density at radius 3 is 2.14 bits per heavy atom. The van der Waals surface area contributed by atoms with Gasteiger partial charge in [0.25, 0.3) is 0 Å². The van der Waals surface area contributed by atoms with Crippen LogP contribution in [0, 0.1) is 0 Å². The van der Waals surface area contributed by atoms with Crippen LogP contribution in [0.1, 0.15) is 36.3 Å². The second-order valence-electron chi connectivity index (χ2n) is 10.8. The summed E-state index contributed by atoms with van der Waals surface area (Å²) < 4.78 is 34.4. The van der Waals surface area contributed by atoms with Gasteiger partial charge in [0.1, 0.15) is 12.6 Å². The number of hydrogen-bond donors (Lipinski definition) is 3. The maximum Gasteiger partial charge on any atom is 0.407 e. The van der Waals surface area contributed by atoms with Gasteiger partial charge in [-0.15, -0.1) is 0 Å². The Kier molecular flexibility index (Phi) is 8.98. The molecule has 0 radical (unpaired) electrons. The van der Waals surface area contributed by atoms with Crippen LogP contribution in [0.3, 0.4) is 0 Å². The summed E-state index contributed by atoms with van der Waals surface area (Å²) in [6, 6.07) is 25.5. The number of carbonyl (C=O) groups is 2. The molecule has 0 fully saturated rings. The second-order valence-corrected chi connectivity index (χ2v) is 12.5. The molecule has 1 amide bonds. The Bertz CT molecular complexity index is 1710. The third-order valence-corrected chi connectivity index (χ3v) is 9.30. The number of fused-ring (bicyclic) bond motifs is 4. The van der Waals surface area contributed by atoms with Gasteiger partial charge in [0, 0.05) is 43.0 Å². The molecule has 0 spiro atoms. The van der Waals surface area contributed by atoms with E-state index in [2.05, 4.69) is 10.0 Å². The number of anilines is 1. The van der Waals surface area contributed by atoms with Gasteiger partial charge in [-0.1, -0.05) is 72.8 Å². The highest BCUT2D eigenvalue weighted by Crippen LogP contribution is 2.44. The fraction of sp³-hybridized carbons (Fsp3) is 0.273. The molecule has 4 aromatic rings. The van der Waals surface area contributed by atoms with Crippen LogP contribution < -0.4 is 14.9 Å². The van der Waals surface area contributed by atoms with E-state index in [1.807, 2.05) is 85.7 Å². The summed E-state index contributed by atoms with van der Waals surface area (Å²) >= 11 is 0. The predicted octanol–water partition coefficient (Wildman–Crippen LogP) is 5.35. The van der Waals surface area contributed by atoms with Crippen molar-refractivity contribution in [2.75, 3.05) is 32.1 Å². The van der Waals surface area contributed by atoms with Crippen LogP contribution in [0.4, 0.5) is 10.5 Å². The molecule has 43 heavy (non-hydrogen) atoms. The van der Waals surface area contributed by atoms with Crippen LogP contribution in [-0.4, -0.2) is 58.9 Å². The first-order valence-electron chi connectivity index (χ1n) is 14.2. The van der Waals surface area contributed by atoms with Crippen molar-refractivity contribution in [3.63, 3.8) is 0 Å². The quantitative estimate of drug-likeness (QED) is 0.187. The van der Waals surface area contributed by atoms with Gasteiger partial charge < -0.3 is 20.1 Å². The van der Waals surface area contributed by atoms with Gasteiger partial charge in [-0.05, 0) is 53.6 Å². The van der Waals surface area contributed by atoms with Crippen molar-refractivity contribution in [1.29, 1.82) is 0 Å². The zero-order valence-corrected chi connectivity index (χ0v) is 24.9. The molecule has 224 valence electrons. The van der Waals surface area contributed by atoms with Crippen molar-refractivity contribution in [3.05, 3.63) is 96.1 Å². The standard InChI is InChI=1S/C33H35N3O6S/c1-36(2)30-18-9-16-27-26(30)15-10-19-31(27)43(40,41)34-20-8-7-17-29(32(37)38)35-33(39)42-21-28-24-13-5-3-11-22(24)23-12-4-6-14-25(23)28/h3-6,9-16,18-19,28-29,34H,7-8,17,20-21H2,1-2H3,(H,35,39)(H,37,38)/t29-/m0/s1. The normalized spacial score (nSPS) is 13.3. The first-order chi connectivity index (χ1) is 20.7. The summed E-state index contributed by atoms with van der Waals surface area (Å²) in [6.45, 7) is 0.210. The predicted molar refractivity (Wildman–Crippen MR) is 167 cm³/mol. The topological polar surface area (TPSA) is 125 Å². The number of sulfonamides is 1. The van der Waals surface area contributed by atoms with Crippen LogP contribution in [-0.2, 0) is 19.6 Å². The fourth-order valence-electron chi connectivity index (χ4n) is 5.69. The minimum Gasteiger partial charge on any atom is -0.480 e. The van der Waals surface area contributed by atoms with Crippen molar-refractivity contribution in [1.82, 2.24) is 10.0 Å². The number of carbonyl (C=O) groups excluding carboxylic acids is 1. The van der Waals surface area contributed by atoms with Gasteiger partial charge in [-0.25, -0.2) is 22.7 Å². The number of carboxylic acid groups (broad SMARTS) is 1. The van der Waals surface area contributed by atoms with E-state index in [1.54, 1.807) is 18.2 Å². The Morgan fingerprint density at radius 1 is 0.860 bits per heavy atom. The molecule has 5 rings (SSSR count). The summed E-state index contributed by atoms with van der Waals surface area (Å²) in [5.74, 6) is -1.31. The number of ether oxygens (including phenoxy) is 1. The van der Waals surface area contributed by atoms with Crippen LogP contribution >= 0.6 is 0 Å².